The fraction of sp³-hybridized carbons (Fsp3) is 0.800. The molecule has 7 heteroatoms. The lowest BCUT2D eigenvalue weighted by Gasteiger charge is -2.30. The quantitative estimate of drug-likeness (QED) is 0.580. The van der Waals surface area contributed by atoms with Gasteiger partial charge < -0.3 is 15.4 Å². The summed E-state index contributed by atoms with van der Waals surface area (Å²) in [7, 11) is 0. The minimum Gasteiger partial charge on any atom is -0.444 e. The fourth-order valence-corrected chi connectivity index (χ4v) is 2.32. The van der Waals surface area contributed by atoms with E-state index in [2.05, 4.69) is 16.7 Å². The lowest BCUT2D eigenvalue weighted by Crippen LogP contribution is -2.45. The molecule has 0 bridgehead atoms. The maximum absolute atomic E-state index is 12.1. The highest BCUT2D eigenvalue weighted by Gasteiger charge is 2.25. The predicted octanol–water partition coefficient (Wildman–Crippen LogP) is 0.863. The highest BCUT2D eigenvalue weighted by atomic mass is 16.6. The fourth-order valence-electron chi connectivity index (χ4n) is 2.32. The van der Waals surface area contributed by atoms with E-state index >= 15 is 0 Å². The van der Waals surface area contributed by atoms with Crippen molar-refractivity contribution >= 4 is 12.0 Å². The summed E-state index contributed by atoms with van der Waals surface area (Å²) < 4.78 is 5.10. The first-order valence-corrected chi connectivity index (χ1v) is 7.65. The Morgan fingerprint density at radius 3 is 2.64 bits per heavy atom. The number of nitriles is 1. The molecule has 0 aromatic rings. The first kappa shape index (κ1) is 18.2. The Kier molecular flexibility index (Phi) is 7.12. The van der Waals surface area contributed by atoms with Crippen LogP contribution in [0.5, 0.6) is 0 Å². The van der Waals surface area contributed by atoms with Crippen molar-refractivity contribution in [2.45, 2.75) is 39.2 Å². The molecule has 22 heavy (non-hydrogen) atoms. The Balaban J connectivity index is 2.20. The number of rotatable bonds is 5. The standard InChI is InChI=1S/C15H26N4O3/c1-15(2,3)22-14(21)18-8-7-17-13(20)12-5-4-9-19(11-12)10-6-16/h12H,4-5,7-11H2,1-3H3,(H,17,20)(H,18,21). The summed E-state index contributed by atoms with van der Waals surface area (Å²) in [5.74, 6) is -0.0998. The second-order valence-corrected chi connectivity index (χ2v) is 6.45. The van der Waals surface area contributed by atoms with Crippen molar-refractivity contribution in [1.29, 1.82) is 5.26 Å². The predicted molar refractivity (Wildman–Crippen MR) is 82.0 cm³/mol. The third-order valence-corrected chi connectivity index (χ3v) is 3.26. The second-order valence-electron chi connectivity index (χ2n) is 6.45. The molecule has 0 aromatic heterocycles. The van der Waals surface area contributed by atoms with Crippen molar-refractivity contribution in [2.75, 3.05) is 32.7 Å². The molecule has 1 atom stereocenters. The molecule has 2 N–H and O–H groups in total. The topological polar surface area (TPSA) is 94.5 Å². The van der Waals surface area contributed by atoms with Gasteiger partial charge in [0.25, 0.3) is 0 Å². The van der Waals surface area contributed by atoms with Crippen LogP contribution in [0.1, 0.15) is 33.6 Å². The van der Waals surface area contributed by atoms with Gasteiger partial charge in [-0.3, -0.25) is 9.69 Å². The van der Waals surface area contributed by atoms with Gasteiger partial charge in [0, 0.05) is 19.6 Å². The van der Waals surface area contributed by atoms with Crippen LogP contribution in [0.2, 0.25) is 0 Å². The van der Waals surface area contributed by atoms with Crippen molar-refractivity contribution in [3.63, 3.8) is 0 Å². The summed E-state index contributed by atoms with van der Waals surface area (Å²) in [6, 6.07) is 2.11. The molecule has 124 valence electrons. The number of hydrogen-bond donors (Lipinski definition) is 2. The number of hydrogen-bond acceptors (Lipinski definition) is 5. The van der Waals surface area contributed by atoms with Gasteiger partial charge >= 0.3 is 6.09 Å². The van der Waals surface area contributed by atoms with Gasteiger partial charge in [0.1, 0.15) is 5.60 Å². The van der Waals surface area contributed by atoms with Gasteiger partial charge in [-0.2, -0.15) is 5.26 Å². The zero-order valence-electron chi connectivity index (χ0n) is 13.6. The third kappa shape index (κ3) is 7.27. The van der Waals surface area contributed by atoms with E-state index in [1.54, 1.807) is 20.8 Å². The summed E-state index contributed by atoms with van der Waals surface area (Å²) in [4.78, 5) is 25.5. The number of alkyl carbamates (subject to hydrolysis) is 1. The van der Waals surface area contributed by atoms with E-state index in [0.29, 0.717) is 26.2 Å². The minimum atomic E-state index is -0.528. The molecule has 0 aromatic carbocycles. The summed E-state index contributed by atoms with van der Waals surface area (Å²) in [5.41, 5.74) is -0.528. The average molecular weight is 310 g/mol. The Bertz CT molecular complexity index is 425. The molecule has 1 rings (SSSR count). The SMILES string of the molecule is CC(C)(C)OC(=O)NCCNC(=O)C1CCCN(CC#N)C1. The molecule has 7 nitrogen and oxygen atoms in total. The maximum Gasteiger partial charge on any atom is 0.407 e. The van der Waals surface area contributed by atoms with E-state index in [1.807, 2.05) is 4.90 Å². The molecule has 1 saturated heterocycles. The van der Waals surface area contributed by atoms with Crippen molar-refractivity contribution in [1.82, 2.24) is 15.5 Å². The van der Waals surface area contributed by atoms with Gasteiger partial charge in [-0.05, 0) is 40.2 Å². The van der Waals surface area contributed by atoms with Crippen LogP contribution in [0.4, 0.5) is 4.79 Å². The van der Waals surface area contributed by atoms with Crippen LogP contribution < -0.4 is 10.6 Å². The van der Waals surface area contributed by atoms with Crippen molar-refractivity contribution in [2.24, 2.45) is 5.92 Å². The summed E-state index contributed by atoms with van der Waals surface area (Å²) >= 11 is 0. The van der Waals surface area contributed by atoms with E-state index < -0.39 is 11.7 Å². The minimum absolute atomic E-state index is 0.0198. The molecule has 1 unspecified atom stereocenters. The Labute approximate surface area is 132 Å². The molecule has 0 spiro atoms. The number of ether oxygens (including phenoxy) is 1. The van der Waals surface area contributed by atoms with Crippen LogP contribution >= 0.6 is 0 Å². The van der Waals surface area contributed by atoms with Gasteiger partial charge in [-0.15, -0.1) is 0 Å². The average Bonchev–Trinajstić information content (AvgIpc) is 2.42. The van der Waals surface area contributed by atoms with Gasteiger partial charge in [0.2, 0.25) is 5.91 Å². The van der Waals surface area contributed by atoms with E-state index in [4.69, 9.17) is 10.00 Å². The summed E-state index contributed by atoms with van der Waals surface area (Å²) in [6.45, 7) is 7.95. The highest BCUT2D eigenvalue weighted by molar-refractivity contribution is 5.79. The van der Waals surface area contributed by atoms with E-state index in [1.165, 1.54) is 0 Å². The van der Waals surface area contributed by atoms with Crippen LogP contribution in [0.3, 0.4) is 0 Å². The molecule has 1 heterocycles. The number of carbonyl (C=O) groups is 2. The zero-order chi connectivity index (χ0) is 16.6. The van der Waals surface area contributed by atoms with Crippen molar-refractivity contribution in [3.8, 4) is 6.07 Å². The van der Waals surface area contributed by atoms with Crippen molar-refractivity contribution < 1.29 is 14.3 Å². The smallest absolute Gasteiger partial charge is 0.407 e. The maximum atomic E-state index is 12.1. The molecular weight excluding hydrogens is 284 g/mol. The summed E-state index contributed by atoms with van der Waals surface area (Å²) in [6.07, 6.45) is 1.28. The normalized spacial score (nSPS) is 19.1. The Morgan fingerprint density at radius 2 is 2.00 bits per heavy atom. The molecule has 1 aliphatic heterocycles. The second kappa shape index (κ2) is 8.59. The molecule has 2 amide bonds. The van der Waals surface area contributed by atoms with E-state index in [-0.39, 0.29) is 11.8 Å². The number of amides is 2. The van der Waals surface area contributed by atoms with Gasteiger partial charge in [-0.25, -0.2) is 4.79 Å². The van der Waals surface area contributed by atoms with Crippen LogP contribution in [0.15, 0.2) is 0 Å². The molecule has 1 aliphatic rings. The first-order chi connectivity index (χ1) is 10.3. The largest absolute Gasteiger partial charge is 0.444 e. The lowest BCUT2D eigenvalue weighted by atomic mass is 9.97. The van der Waals surface area contributed by atoms with E-state index in [9.17, 15) is 9.59 Å². The Hall–Kier alpha value is -1.81. The molecule has 1 fully saturated rings. The first-order valence-electron chi connectivity index (χ1n) is 7.65. The molecule has 0 aliphatic carbocycles. The molecule has 0 radical (unpaired) electrons. The molecular formula is C15H26N4O3. The van der Waals surface area contributed by atoms with Crippen LogP contribution in [0, 0.1) is 17.2 Å². The van der Waals surface area contributed by atoms with Gasteiger partial charge in [-0.1, -0.05) is 0 Å². The van der Waals surface area contributed by atoms with Gasteiger partial charge in [0.05, 0.1) is 18.5 Å². The van der Waals surface area contributed by atoms with Crippen LogP contribution in [0.25, 0.3) is 0 Å². The zero-order valence-corrected chi connectivity index (χ0v) is 13.6. The summed E-state index contributed by atoms with van der Waals surface area (Å²) in [5, 5.41) is 14.1. The van der Waals surface area contributed by atoms with Crippen molar-refractivity contribution in [3.05, 3.63) is 0 Å². The highest BCUT2D eigenvalue weighted by Crippen LogP contribution is 2.15. The molecule has 0 saturated carbocycles. The number of nitrogens with zero attached hydrogens (tertiary/aromatic N) is 2. The number of piperidine rings is 1. The third-order valence-electron chi connectivity index (χ3n) is 3.26. The van der Waals surface area contributed by atoms with E-state index in [0.717, 1.165) is 19.4 Å². The monoisotopic (exact) mass is 310 g/mol. The number of nitrogens with one attached hydrogen (secondary N) is 2. The van der Waals surface area contributed by atoms with Crippen LogP contribution in [-0.4, -0.2) is 55.2 Å². The lowest BCUT2D eigenvalue weighted by molar-refractivity contribution is -0.126. The number of carbonyl (C=O) groups excluding carboxylic acids is 2. The number of likely N-dealkylation sites (tertiary alicyclic amines) is 1. The Morgan fingerprint density at radius 1 is 1.32 bits per heavy atom. The van der Waals surface area contributed by atoms with Gasteiger partial charge in [0.15, 0.2) is 0 Å². The van der Waals surface area contributed by atoms with Crippen LogP contribution in [-0.2, 0) is 9.53 Å².